The number of benzene rings is 1. The Bertz CT molecular complexity index is 350. The Balaban J connectivity index is 2.88. The van der Waals surface area contributed by atoms with Crippen LogP contribution >= 0.6 is 15.9 Å². The largest absolute Gasteiger partial charge is 0.389 e. The molecule has 0 aliphatic carbocycles. The number of hydrogen-bond donors (Lipinski definition) is 1. The Morgan fingerprint density at radius 1 is 1.31 bits per heavy atom. The fourth-order valence-corrected chi connectivity index (χ4v) is 2.44. The van der Waals surface area contributed by atoms with Crippen LogP contribution in [0.4, 0.5) is 5.69 Å². The molecule has 1 unspecified atom stereocenters. The van der Waals surface area contributed by atoms with Gasteiger partial charge < -0.3 is 10.0 Å². The zero-order chi connectivity index (χ0) is 12.3. The van der Waals surface area contributed by atoms with Crippen LogP contribution in [0.2, 0.25) is 0 Å². The predicted octanol–water partition coefficient (Wildman–Crippen LogP) is 3.59. The molecule has 0 aliphatic heterocycles. The highest BCUT2D eigenvalue weighted by Gasteiger charge is 2.09. The van der Waals surface area contributed by atoms with Gasteiger partial charge in [-0.3, -0.25) is 0 Å². The Morgan fingerprint density at radius 2 is 1.94 bits per heavy atom. The van der Waals surface area contributed by atoms with Crippen LogP contribution in [0.1, 0.15) is 32.4 Å². The van der Waals surface area contributed by atoms with Gasteiger partial charge in [0.05, 0.1) is 6.10 Å². The van der Waals surface area contributed by atoms with Gasteiger partial charge in [-0.15, -0.1) is 0 Å². The molecular weight excluding hydrogens is 266 g/mol. The van der Waals surface area contributed by atoms with Crippen LogP contribution in [0.15, 0.2) is 22.7 Å². The predicted molar refractivity (Wildman–Crippen MR) is 72.9 cm³/mol. The molecule has 0 heterocycles. The van der Waals surface area contributed by atoms with Crippen molar-refractivity contribution in [1.82, 2.24) is 0 Å². The topological polar surface area (TPSA) is 23.5 Å². The van der Waals surface area contributed by atoms with Crippen molar-refractivity contribution in [1.29, 1.82) is 0 Å². The second kappa shape index (κ2) is 5.69. The van der Waals surface area contributed by atoms with Crippen molar-refractivity contribution < 1.29 is 5.11 Å². The van der Waals surface area contributed by atoms with E-state index < -0.39 is 6.10 Å². The van der Waals surface area contributed by atoms with E-state index in [0.29, 0.717) is 5.92 Å². The molecule has 2 nitrogen and oxygen atoms in total. The monoisotopic (exact) mass is 285 g/mol. The van der Waals surface area contributed by atoms with E-state index in [-0.39, 0.29) is 0 Å². The molecule has 1 N–H and O–H groups in total. The summed E-state index contributed by atoms with van der Waals surface area (Å²) < 4.78 is 0.968. The molecule has 0 fully saturated rings. The smallest absolute Gasteiger partial charge is 0.0772 e. The van der Waals surface area contributed by atoms with Crippen LogP contribution in [-0.4, -0.2) is 18.7 Å². The minimum absolute atomic E-state index is 0.432. The van der Waals surface area contributed by atoms with Crippen molar-refractivity contribution in [2.45, 2.75) is 26.9 Å². The summed E-state index contributed by atoms with van der Waals surface area (Å²) in [5.41, 5.74) is 2.10. The van der Waals surface area contributed by atoms with E-state index in [1.165, 1.54) is 5.69 Å². The maximum Gasteiger partial charge on any atom is 0.0772 e. The highest BCUT2D eigenvalue weighted by Crippen LogP contribution is 2.28. The molecule has 0 spiro atoms. The van der Waals surface area contributed by atoms with E-state index in [9.17, 15) is 5.11 Å². The lowest BCUT2D eigenvalue weighted by molar-refractivity contribution is 0.198. The SMILES string of the molecule is CC(C)CN(C)c1ccc(C(C)O)c(Br)c1. The summed E-state index contributed by atoms with van der Waals surface area (Å²) in [6, 6.07) is 6.08. The molecule has 90 valence electrons. The van der Waals surface area contributed by atoms with Gasteiger partial charge in [0.25, 0.3) is 0 Å². The molecule has 0 bridgehead atoms. The molecule has 0 saturated carbocycles. The lowest BCUT2D eigenvalue weighted by Crippen LogP contribution is -2.22. The van der Waals surface area contributed by atoms with Crippen molar-refractivity contribution >= 4 is 21.6 Å². The maximum atomic E-state index is 9.54. The number of nitrogens with zero attached hydrogens (tertiary/aromatic N) is 1. The summed E-state index contributed by atoms with van der Waals surface area (Å²) >= 11 is 3.50. The summed E-state index contributed by atoms with van der Waals surface area (Å²) in [6.07, 6.45) is -0.432. The zero-order valence-electron chi connectivity index (χ0n) is 10.4. The van der Waals surface area contributed by atoms with Crippen molar-refractivity contribution in [3.8, 4) is 0 Å². The van der Waals surface area contributed by atoms with Crippen LogP contribution in [0, 0.1) is 5.92 Å². The van der Waals surface area contributed by atoms with Gasteiger partial charge >= 0.3 is 0 Å². The number of aliphatic hydroxyl groups excluding tert-OH is 1. The number of rotatable bonds is 4. The zero-order valence-corrected chi connectivity index (χ0v) is 12.0. The summed E-state index contributed by atoms with van der Waals surface area (Å²) in [6.45, 7) is 7.21. The third-order valence-electron chi connectivity index (χ3n) is 2.51. The maximum absolute atomic E-state index is 9.54. The molecule has 0 saturated heterocycles. The molecule has 0 aliphatic rings. The summed E-state index contributed by atoms with van der Waals surface area (Å²) in [7, 11) is 2.09. The summed E-state index contributed by atoms with van der Waals surface area (Å²) in [4.78, 5) is 2.22. The fraction of sp³-hybridized carbons (Fsp3) is 0.538. The minimum atomic E-state index is -0.432. The van der Waals surface area contributed by atoms with Crippen LogP contribution in [0.25, 0.3) is 0 Å². The molecule has 0 amide bonds. The second-order valence-corrected chi connectivity index (χ2v) is 5.51. The third kappa shape index (κ3) is 3.49. The fourth-order valence-electron chi connectivity index (χ4n) is 1.75. The first-order valence-corrected chi connectivity index (χ1v) is 6.39. The Morgan fingerprint density at radius 3 is 2.38 bits per heavy atom. The number of hydrogen-bond acceptors (Lipinski definition) is 2. The van der Waals surface area contributed by atoms with Gasteiger partial charge in [-0.1, -0.05) is 35.8 Å². The van der Waals surface area contributed by atoms with E-state index in [1.807, 2.05) is 6.07 Å². The van der Waals surface area contributed by atoms with Gasteiger partial charge in [-0.25, -0.2) is 0 Å². The second-order valence-electron chi connectivity index (χ2n) is 4.66. The van der Waals surface area contributed by atoms with Gasteiger partial charge in [-0.05, 0) is 30.5 Å². The van der Waals surface area contributed by atoms with Gasteiger partial charge in [-0.2, -0.15) is 0 Å². The van der Waals surface area contributed by atoms with Gasteiger partial charge in [0, 0.05) is 23.8 Å². The van der Waals surface area contributed by atoms with Crippen molar-refractivity contribution in [3.05, 3.63) is 28.2 Å². The molecule has 16 heavy (non-hydrogen) atoms. The average Bonchev–Trinajstić information content (AvgIpc) is 2.15. The minimum Gasteiger partial charge on any atom is -0.389 e. The molecule has 0 radical (unpaired) electrons. The highest BCUT2D eigenvalue weighted by molar-refractivity contribution is 9.10. The van der Waals surface area contributed by atoms with E-state index in [1.54, 1.807) is 6.92 Å². The van der Waals surface area contributed by atoms with E-state index in [4.69, 9.17) is 0 Å². The van der Waals surface area contributed by atoms with Crippen LogP contribution < -0.4 is 4.90 Å². The standard InChI is InChI=1S/C13H20BrNO/c1-9(2)8-15(4)11-5-6-12(10(3)16)13(14)7-11/h5-7,9-10,16H,8H2,1-4H3. The average molecular weight is 286 g/mol. The number of halogens is 1. The van der Waals surface area contributed by atoms with E-state index >= 15 is 0 Å². The van der Waals surface area contributed by atoms with Gasteiger partial charge in [0.2, 0.25) is 0 Å². The Labute approximate surface area is 106 Å². The van der Waals surface area contributed by atoms with Gasteiger partial charge in [0.15, 0.2) is 0 Å². The molecule has 1 aromatic carbocycles. The quantitative estimate of drug-likeness (QED) is 0.914. The molecule has 1 aromatic rings. The van der Waals surface area contributed by atoms with Crippen LogP contribution in [-0.2, 0) is 0 Å². The molecule has 3 heteroatoms. The van der Waals surface area contributed by atoms with Gasteiger partial charge in [0.1, 0.15) is 0 Å². The highest BCUT2D eigenvalue weighted by atomic mass is 79.9. The summed E-state index contributed by atoms with van der Waals surface area (Å²) in [5.74, 6) is 0.639. The van der Waals surface area contributed by atoms with Crippen molar-refractivity contribution in [2.75, 3.05) is 18.5 Å². The number of anilines is 1. The number of aliphatic hydroxyl groups is 1. The molecule has 1 rings (SSSR count). The van der Waals surface area contributed by atoms with Crippen LogP contribution in [0.5, 0.6) is 0 Å². The normalized spacial score (nSPS) is 12.9. The van der Waals surface area contributed by atoms with E-state index in [0.717, 1.165) is 16.6 Å². The molecule has 0 aromatic heterocycles. The first kappa shape index (κ1) is 13.5. The molecule has 1 atom stereocenters. The first-order chi connectivity index (χ1) is 7.41. The van der Waals surface area contributed by atoms with Crippen LogP contribution in [0.3, 0.4) is 0 Å². The van der Waals surface area contributed by atoms with Crippen molar-refractivity contribution in [2.24, 2.45) is 5.92 Å². The third-order valence-corrected chi connectivity index (χ3v) is 3.20. The first-order valence-electron chi connectivity index (χ1n) is 5.60. The lowest BCUT2D eigenvalue weighted by Gasteiger charge is -2.22. The summed E-state index contributed by atoms with van der Waals surface area (Å²) in [5, 5.41) is 9.54. The lowest BCUT2D eigenvalue weighted by atomic mass is 10.1. The molecular formula is C13H20BrNO. The Hall–Kier alpha value is -0.540. The van der Waals surface area contributed by atoms with Crippen molar-refractivity contribution in [3.63, 3.8) is 0 Å². The van der Waals surface area contributed by atoms with E-state index in [2.05, 4.69) is 53.9 Å². The Kier molecular flexibility index (Phi) is 4.81.